The molecule has 0 saturated heterocycles. The minimum absolute atomic E-state index is 0.159. The summed E-state index contributed by atoms with van der Waals surface area (Å²) in [7, 11) is 1.66. The first-order valence-electron chi connectivity index (χ1n) is 6.36. The standard InChI is InChI=1S/C17H18O2/c1-19-16-11-9-15(10-12-16)17(8-5-13-18)14-6-3-2-4-7-14/h2-4,6-12,18H,5,13H2,1H3. The lowest BCUT2D eigenvalue weighted by Crippen LogP contribution is -1.90. The molecule has 2 aromatic rings. The van der Waals surface area contributed by atoms with Gasteiger partial charge in [0, 0.05) is 6.61 Å². The van der Waals surface area contributed by atoms with Crippen LogP contribution in [0.25, 0.3) is 5.57 Å². The van der Waals surface area contributed by atoms with Gasteiger partial charge in [-0.05, 0) is 35.3 Å². The van der Waals surface area contributed by atoms with E-state index >= 15 is 0 Å². The van der Waals surface area contributed by atoms with Gasteiger partial charge in [-0.3, -0.25) is 0 Å². The van der Waals surface area contributed by atoms with E-state index in [9.17, 15) is 0 Å². The van der Waals surface area contributed by atoms with Crippen LogP contribution in [0.5, 0.6) is 5.75 Å². The van der Waals surface area contributed by atoms with Crippen LogP contribution >= 0.6 is 0 Å². The van der Waals surface area contributed by atoms with E-state index in [0.29, 0.717) is 6.42 Å². The van der Waals surface area contributed by atoms with Gasteiger partial charge in [0.2, 0.25) is 0 Å². The maximum atomic E-state index is 9.03. The molecular formula is C17H18O2. The summed E-state index contributed by atoms with van der Waals surface area (Å²) >= 11 is 0. The fourth-order valence-corrected chi connectivity index (χ4v) is 2.00. The number of aliphatic hydroxyl groups excluding tert-OH is 1. The number of ether oxygens (including phenoxy) is 1. The zero-order valence-electron chi connectivity index (χ0n) is 11.0. The average molecular weight is 254 g/mol. The van der Waals surface area contributed by atoms with Crippen LogP contribution in [0.3, 0.4) is 0 Å². The molecule has 0 aliphatic heterocycles. The zero-order valence-corrected chi connectivity index (χ0v) is 11.0. The van der Waals surface area contributed by atoms with Gasteiger partial charge in [0.15, 0.2) is 0 Å². The third kappa shape index (κ3) is 3.46. The Kier molecular flexibility index (Phi) is 4.76. The number of hydrogen-bond acceptors (Lipinski definition) is 2. The molecule has 2 heteroatoms. The van der Waals surface area contributed by atoms with E-state index in [2.05, 4.69) is 18.2 Å². The lowest BCUT2D eigenvalue weighted by molar-refractivity contribution is 0.303. The Morgan fingerprint density at radius 2 is 1.63 bits per heavy atom. The average Bonchev–Trinajstić information content (AvgIpc) is 2.49. The first-order valence-corrected chi connectivity index (χ1v) is 6.36. The van der Waals surface area contributed by atoms with E-state index in [0.717, 1.165) is 22.4 Å². The van der Waals surface area contributed by atoms with Crippen molar-refractivity contribution in [2.75, 3.05) is 13.7 Å². The van der Waals surface area contributed by atoms with Crippen LogP contribution in [0.1, 0.15) is 17.5 Å². The van der Waals surface area contributed by atoms with Crippen molar-refractivity contribution < 1.29 is 9.84 Å². The van der Waals surface area contributed by atoms with E-state index < -0.39 is 0 Å². The van der Waals surface area contributed by atoms with Crippen molar-refractivity contribution in [1.29, 1.82) is 0 Å². The third-order valence-electron chi connectivity index (χ3n) is 2.96. The van der Waals surface area contributed by atoms with Gasteiger partial charge in [-0.1, -0.05) is 48.5 Å². The molecule has 0 unspecified atom stereocenters. The van der Waals surface area contributed by atoms with Crippen LogP contribution in [0, 0.1) is 0 Å². The maximum absolute atomic E-state index is 9.03. The van der Waals surface area contributed by atoms with Gasteiger partial charge >= 0.3 is 0 Å². The SMILES string of the molecule is COc1ccc(C(=CCCO)c2ccccc2)cc1. The van der Waals surface area contributed by atoms with Gasteiger partial charge in [-0.25, -0.2) is 0 Å². The molecule has 0 saturated carbocycles. The van der Waals surface area contributed by atoms with E-state index in [1.54, 1.807) is 7.11 Å². The van der Waals surface area contributed by atoms with Crippen molar-refractivity contribution in [2.45, 2.75) is 6.42 Å². The summed E-state index contributed by atoms with van der Waals surface area (Å²) in [4.78, 5) is 0. The summed E-state index contributed by atoms with van der Waals surface area (Å²) in [6.07, 6.45) is 2.72. The fourth-order valence-electron chi connectivity index (χ4n) is 2.00. The minimum Gasteiger partial charge on any atom is -0.497 e. The third-order valence-corrected chi connectivity index (χ3v) is 2.96. The van der Waals surface area contributed by atoms with Gasteiger partial charge in [0.25, 0.3) is 0 Å². The van der Waals surface area contributed by atoms with Crippen molar-refractivity contribution in [3.8, 4) is 5.75 Å². The molecule has 2 rings (SSSR count). The van der Waals surface area contributed by atoms with E-state index in [1.165, 1.54) is 0 Å². The van der Waals surface area contributed by atoms with E-state index in [-0.39, 0.29) is 6.61 Å². The Labute approximate surface area is 114 Å². The Balaban J connectivity index is 2.37. The Bertz CT molecular complexity index is 527. The highest BCUT2D eigenvalue weighted by atomic mass is 16.5. The molecule has 0 spiro atoms. The lowest BCUT2D eigenvalue weighted by atomic mass is 9.97. The molecule has 0 aliphatic rings. The first kappa shape index (κ1) is 13.4. The Morgan fingerprint density at radius 1 is 1.00 bits per heavy atom. The smallest absolute Gasteiger partial charge is 0.118 e. The van der Waals surface area contributed by atoms with Crippen LogP contribution in [0.2, 0.25) is 0 Å². The van der Waals surface area contributed by atoms with Crippen molar-refractivity contribution in [3.63, 3.8) is 0 Å². The van der Waals surface area contributed by atoms with Crippen LogP contribution in [-0.4, -0.2) is 18.8 Å². The van der Waals surface area contributed by atoms with Crippen LogP contribution in [0.15, 0.2) is 60.7 Å². The lowest BCUT2D eigenvalue weighted by Gasteiger charge is -2.09. The van der Waals surface area contributed by atoms with Crippen LogP contribution in [-0.2, 0) is 0 Å². The molecule has 0 aromatic heterocycles. The van der Waals surface area contributed by atoms with E-state index in [4.69, 9.17) is 9.84 Å². The monoisotopic (exact) mass is 254 g/mol. The van der Waals surface area contributed by atoms with Crippen molar-refractivity contribution >= 4 is 5.57 Å². The predicted molar refractivity (Wildman–Crippen MR) is 78.2 cm³/mol. The van der Waals surface area contributed by atoms with Crippen LogP contribution < -0.4 is 4.74 Å². The van der Waals surface area contributed by atoms with Crippen molar-refractivity contribution in [3.05, 3.63) is 71.8 Å². The quantitative estimate of drug-likeness (QED) is 0.884. The number of hydrogen-bond donors (Lipinski definition) is 1. The summed E-state index contributed by atoms with van der Waals surface area (Å²) in [6.45, 7) is 0.159. The molecule has 19 heavy (non-hydrogen) atoms. The van der Waals surface area contributed by atoms with Crippen molar-refractivity contribution in [1.82, 2.24) is 0 Å². The predicted octanol–water partition coefficient (Wildman–Crippen LogP) is 3.51. The Hall–Kier alpha value is -2.06. The number of methoxy groups -OCH3 is 1. The summed E-state index contributed by atoms with van der Waals surface area (Å²) in [5.74, 6) is 0.846. The zero-order chi connectivity index (χ0) is 13.5. The summed E-state index contributed by atoms with van der Waals surface area (Å²) in [5.41, 5.74) is 3.42. The molecular weight excluding hydrogens is 236 g/mol. The molecule has 0 radical (unpaired) electrons. The molecule has 2 nitrogen and oxygen atoms in total. The highest BCUT2D eigenvalue weighted by molar-refractivity contribution is 5.79. The molecule has 0 amide bonds. The number of rotatable bonds is 5. The van der Waals surface area contributed by atoms with Gasteiger partial charge < -0.3 is 9.84 Å². The first-order chi connectivity index (χ1) is 9.35. The number of benzene rings is 2. The number of aliphatic hydroxyl groups is 1. The molecule has 0 aliphatic carbocycles. The minimum atomic E-state index is 0.159. The summed E-state index contributed by atoms with van der Waals surface area (Å²) < 4.78 is 5.18. The topological polar surface area (TPSA) is 29.5 Å². The van der Waals surface area contributed by atoms with Gasteiger partial charge in [0.05, 0.1) is 7.11 Å². The van der Waals surface area contributed by atoms with Crippen molar-refractivity contribution in [2.24, 2.45) is 0 Å². The highest BCUT2D eigenvalue weighted by Crippen LogP contribution is 2.25. The molecule has 1 N–H and O–H groups in total. The molecule has 0 atom stereocenters. The summed E-state index contributed by atoms with van der Waals surface area (Å²) in [5, 5.41) is 9.03. The highest BCUT2D eigenvalue weighted by Gasteiger charge is 2.04. The second-order valence-electron chi connectivity index (χ2n) is 4.22. The second-order valence-corrected chi connectivity index (χ2v) is 4.22. The van der Waals surface area contributed by atoms with Gasteiger partial charge in [0.1, 0.15) is 5.75 Å². The molecule has 2 aromatic carbocycles. The second kappa shape index (κ2) is 6.76. The summed E-state index contributed by atoms with van der Waals surface area (Å²) in [6, 6.07) is 18.2. The molecule has 98 valence electrons. The largest absolute Gasteiger partial charge is 0.497 e. The Morgan fingerprint density at radius 3 is 2.21 bits per heavy atom. The van der Waals surface area contributed by atoms with Gasteiger partial charge in [-0.15, -0.1) is 0 Å². The normalized spacial score (nSPS) is 11.4. The van der Waals surface area contributed by atoms with E-state index in [1.807, 2.05) is 42.5 Å². The molecule has 0 fully saturated rings. The fraction of sp³-hybridized carbons (Fsp3) is 0.176. The van der Waals surface area contributed by atoms with Crippen LogP contribution in [0.4, 0.5) is 0 Å². The molecule has 0 bridgehead atoms. The van der Waals surface area contributed by atoms with Gasteiger partial charge in [-0.2, -0.15) is 0 Å². The molecule has 0 heterocycles. The maximum Gasteiger partial charge on any atom is 0.118 e.